The van der Waals surface area contributed by atoms with E-state index in [1.54, 1.807) is 25.1 Å². The van der Waals surface area contributed by atoms with Gasteiger partial charge in [-0.3, -0.25) is 10.1 Å². The first-order valence-electron chi connectivity index (χ1n) is 5.30. The molecule has 3 N–H and O–H groups in total. The molecular formula is C12H12N4O2. The number of rotatable bonds is 3. The lowest BCUT2D eigenvalue weighted by Gasteiger charge is -2.06. The van der Waals surface area contributed by atoms with Crippen LogP contribution in [0.3, 0.4) is 0 Å². The Morgan fingerprint density at radius 1 is 1.39 bits per heavy atom. The highest BCUT2D eigenvalue weighted by Gasteiger charge is 2.11. The summed E-state index contributed by atoms with van der Waals surface area (Å²) in [4.78, 5) is 14.2. The zero-order chi connectivity index (χ0) is 13.1. The van der Waals surface area contributed by atoms with Crippen molar-refractivity contribution >= 4 is 22.9 Å². The third-order valence-corrected chi connectivity index (χ3v) is 2.44. The van der Waals surface area contributed by atoms with E-state index in [2.05, 4.69) is 10.3 Å². The zero-order valence-electron chi connectivity index (χ0n) is 9.75. The van der Waals surface area contributed by atoms with Crippen molar-refractivity contribution in [3.05, 3.63) is 52.2 Å². The van der Waals surface area contributed by atoms with Crippen molar-refractivity contribution in [2.24, 2.45) is 0 Å². The van der Waals surface area contributed by atoms with Crippen LogP contribution in [0.25, 0.3) is 0 Å². The molecule has 2 rings (SSSR count). The highest BCUT2D eigenvalue weighted by molar-refractivity contribution is 5.62. The predicted molar refractivity (Wildman–Crippen MR) is 69.8 cm³/mol. The summed E-state index contributed by atoms with van der Waals surface area (Å²) in [7, 11) is 0. The molecule has 1 aromatic heterocycles. The molecule has 0 saturated carbocycles. The number of aromatic nitrogens is 1. The molecule has 0 radical (unpaired) electrons. The van der Waals surface area contributed by atoms with Crippen molar-refractivity contribution < 1.29 is 4.92 Å². The average Bonchev–Trinajstić information content (AvgIpc) is 2.28. The van der Waals surface area contributed by atoms with Crippen molar-refractivity contribution in [3.63, 3.8) is 0 Å². The summed E-state index contributed by atoms with van der Waals surface area (Å²) in [5, 5.41) is 13.7. The summed E-state index contributed by atoms with van der Waals surface area (Å²) in [5.74, 6) is 0.545. The Bertz CT molecular complexity index is 598. The summed E-state index contributed by atoms with van der Waals surface area (Å²) >= 11 is 0. The lowest BCUT2D eigenvalue weighted by Crippen LogP contribution is -1.98. The molecule has 0 fully saturated rings. The lowest BCUT2D eigenvalue weighted by atomic mass is 10.2. The number of nitrogens with one attached hydrogen (secondary N) is 1. The number of anilines is 3. The molecule has 6 heteroatoms. The molecule has 92 valence electrons. The minimum absolute atomic E-state index is 0.00752. The van der Waals surface area contributed by atoms with Gasteiger partial charge < -0.3 is 11.1 Å². The Kier molecular flexibility index (Phi) is 3.09. The molecule has 0 bridgehead atoms. The van der Waals surface area contributed by atoms with Gasteiger partial charge >= 0.3 is 0 Å². The van der Waals surface area contributed by atoms with Crippen molar-refractivity contribution in [1.29, 1.82) is 0 Å². The van der Waals surface area contributed by atoms with Crippen LogP contribution in [0, 0.1) is 17.0 Å². The van der Waals surface area contributed by atoms with Crippen LogP contribution in [0.2, 0.25) is 0 Å². The van der Waals surface area contributed by atoms with Gasteiger partial charge in [-0.1, -0.05) is 6.07 Å². The summed E-state index contributed by atoms with van der Waals surface area (Å²) < 4.78 is 0. The van der Waals surface area contributed by atoms with Gasteiger partial charge in [0.15, 0.2) is 0 Å². The molecule has 18 heavy (non-hydrogen) atoms. The molecule has 0 atom stereocenters. The minimum atomic E-state index is -0.452. The maximum Gasteiger partial charge on any atom is 0.290 e. The Morgan fingerprint density at radius 3 is 2.78 bits per heavy atom. The van der Waals surface area contributed by atoms with E-state index >= 15 is 0 Å². The third kappa shape index (κ3) is 2.54. The normalized spacial score (nSPS) is 10.1. The van der Waals surface area contributed by atoms with Crippen molar-refractivity contribution in [2.45, 2.75) is 6.92 Å². The summed E-state index contributed by atoms with van der Waals surface area (Å²) in [5.41, 5.74) is 7.65. The fraction of sp³-hybridized carbons (Fsp3) is 0.0833. The number of hydrogen-bond acceptors (Lipinski definition) is 5. The Labute approximate surface area is 104 Å². The number of aryl methyl sites for hydroxylation is 1. The van der Waals surface area contributed by atoms with Gasteiger partial charge in [0.05, 0.1) is 4.92 Å². The first-order valence-corrected chi connectivity index (χ1v) is 5.30. The fourth-order valence-electron chi connectivity index (χ4n) is 1.57. The standard InChI is InChI=1S/C12H12N4O2/c1-8-5-12(14-7-11(8)16(17)18)15-10-4-2-3-9(13)6-10/h2-7H,13H2,1H3,(H,14,15). The van der Waals surface area contributed by atoms with Crippen LogP contribution in [0.4, 0.5) is 22.9 Å². The molecule has 1 heterocycles. The van der Waals surface area contributed by atoms with E-state index in [9.17, 15) is 10.1 Å². The van der Waals surface area contributed by atoms with Crippen molar-refractivity contribution in [3.8, 4) is 0 Å². The highest BCUT2D eigenvalue weighted by atomic mass is 16.6. The SMILES string of the molecule is Cc1cc(Nc2cccc(N)c2)ncc1[N+](=O)[O-]. The van der Waals surface area contributed by atoms with Crippen LogP contribution in [0.1, 0.15) is 5.56 Å². The number of pyridine rings is 1. The number of nitrogens with zero attached hydrogens (tertiary/aromatic N) is 2. The van der Waals surface area contributed by atoms with Gasteiger partial charge in [-0.25, -0.2) is 4.98 Å². The van der Waals surface area contributed by atoms with Gasteiger partial charge in [0.25, 0.3) is 5.69 Å². The van der Waals surface area contributed by atoms with Gasteiger partial charge in [-0.05, 0) is 31.2 Å². The highest BCUT2D eigenvalue weighted by Crippen LogP contribution is 2.22. The first-order chi connectivity index (χ1) is 8.56. The Hall–Kier alpha value is -2.63. The van der Waals surface area contributed by atoms with E-state index in [1.165, 1.54) is 6.20 Å². The third-order valence-electron chi connectivity index (χ3n) is 2.44. The van der Waals surface area contributed by atoms with E-state index < -0.39 is 4.92 Å². The summed E-state index contributed by atoms with van der Waals surface area (Å²) in [6, 6.07) is 8.82. The number of nitrogens with two attached hydrogens (primary N) is 1. The maximum absolute atomic E-state index is 10.7. The van der Waals surface area contributed by atoms with Gasteiger partial charge in [-0.2, -0.15) is 0 Å². The molecule has 2 aromatic rings. The average molecular weight is 244 g/mol. The predicted octanol–water partition coefficient (Wildman–Crippen LogP) is 2.62. The van der Waals surface area contributed by atoms with Crippen LogP contribution >= 0.6 is 0 Å². The van der Waals surface area contributed by atoms with Crippen molar-refractivity contribution in [1.82, 2.24) is 4.98 Å². The second kappa shape index (κ2) is 4.70. The lowest BCUT2D eigenvalue weighted by molar-refractivity contribution is -0.385. The second-order valence-corrected chi connectivity index (χ2v) is 3.86. The smallest absolute Gasteiger partial charge is 0.290 e. The number of hydrogen-bond donors (Lipinski definition) is 2. The van der Waals surface area contributed by atoms with E-state index in [0.29, 0.717) is 17.1 Å². The van der Waals surface area contributed by atoms with Crippen LogP contribution in [-0.4, -0.2) is 9.91 Å². The maximum atomic E-state index is 10.7. The molecule has 0 aliphatic heterocycles. The molecule has 6 nitrogen and oxygen atoms in total. The monoisotopic (exact) mass is 244 g/mol. The second-order valence-electron chi connectivity index (χ2n) is 3.86. The molecular weight excluding hydrogens is 232 g/mol. The largest absolute Gasteiger partial charge is 0.399 e. The molecule has 0 unspecified atom stereocenters. The molecule has 0 aliphatic rings. The van der Waals surface area contributed by atoms with Gasteiger partial charge in [-0.15, -0.1) is 0 Å². The molecule has 0 amide bonds. The Balaban J connectivity index is 2.25. The van der Waals surface area contributed by atoms with E-state index in [4.69, 9.17) is 5.73 Å². The van der Waals surface area contributed by atoms with E-state index in [1.807, 2.05) is 12.1 Å². The summed E-state index contributed by atoms with van der Waals surface area (Å²) in [6.45, 7) is 1.67. The van der Waals surface area contributed by atoms with Crippen LogP contribution in [-0.2, 0) is 0 Å². The van der Waals surface area contributed by atoms with Gasteiger partial charge in [0.2, 0.25) is 0 Å². The quantitative estimate of drug-likeness (QED) is 0.491. The minimum Gasteiger partial charge on any atom is -0.399 e. The fourth-order valence-corrected chi connectivity index (χ4v) is 1.57. The van der Waals surface area contributed by atoms with Gasteiger partial charge in [0, 0.05) is 16.9 Å². The number of benzene rings is 1. The first kappa shape index (κ1) is 11.8. The van der Waals surface area contributed by atoms with E-state index in [-0.39, 0.29) is 5.69 Å². The van der Waals surface area contributed by atoms with Crippen LogP contribution < -0.4 is 11.1 Å². The number of nitrogen functional groups attached to an aromatic ring is 1. The summed E-state index contributed by atoms with van der Waals surface area (Å²) in [6.07, 6.45) is 1.24. The van der Waals surface area contributed by atoms with Crippen LogP contribution in [0.15, 0.2) is 36.5 Å². The van der Waals surface area contributed by atoms with E-state index in [0.717, 1.165) is 5.69 Å². The van der Waals surface area contributed by atoms with Crippen molar-refractivity contribution in [2.75, 3.05) is 11.1 Å². The Morgan fingerprint density at radius 2 is 2.17 bits per heavy atom. The molecule has 1 aromatic carbocycles. The molecule has 0 spiro atoms. The zero-order valence-corrected chi connectivity index (χ0v) is 9.75. The van der Waals surface area contributed by atoms with Gasteiger partial charge in [0.1, 0.15) is 12.0 Å². The van der Waals surface area contributed by atoms with Crippen LogP contribution in [0.5, 0.6) is 0 Å². The topological polar surface area (TPSA) is 94.1 Å². The number of nitro groups is 1. The molecule has 0 aliphatic carbocycles. The molecule has 0 saturated heterocycles.